The fourth-order valence-corrected chi connectivity index (χ4v) is 1.99. The zero-order valence-electron chi connectivity index (χ0n) is 11.9. The molecule has 2 aromatic rings. The molecule has 0 unspecified atom stereocenters. The van der Waals surface area contributed by atoms with E-state index in [1.165, 1.54) is 31.2 Å². The Kier molecular flexibility index (Phi) is 8.00. The quantitative estimate of drug-likeness (QED) is 0.551. The normalized spacial score (nSPS) is 9.63. The first-order chi connectivity index (χ1) is 9.27. The molecule has 2 aromatic carbocycles. The van der Waals surface area contributed by atoms with E-state index in [2.05, 4.69) is 32.0 Å². The number of hydrogen-bond acceptors (Lipinski definition) is 0. The van der Waals surface area contributed by atoms with E-state index in [0.717, 1.165) is 10.6 Å². The first-order valence-electron chi connectivity index (χ1n) is 7.09. The number of unbranched alkanes of at least 4 members (excludes halogenated alkanes) is 3. The lowest BCUT2D eigenvalue weighted by Gasteiger charge is -2.00. The van der Waals surface area contributed by atoms with E-state index in [-0.39, 0.29) is 0 Å². The summed E-state index contributed by atoms with van der Waals surface area (Å²) in [7, 11) is 0. The van der Waals surface area contributed by atoms with Gasteiger partial charge in [0, 0.05) is 5.02 Å². The fraction of sp³-hybridized carbons (Fsp3) is 0.333. The van der Waals surface area contributed by atoms with Gasteiger partial charge in [-0.1, -0.05) is 93.6 Å². The molecule has 0 aliphatic carbocycles. The molecule has 0 saturated carbocycles. The van der Waals surface area contributed by atoms with Gasteiger partial charge in [-0.2, -0.15) is 0 Å². The van der Waals surface area contributed by atoms with Crippen molar-refractivity contribution in [3.05, 3.63) is 59.6 Å². The molecule has 19 heavy (non-hydrogen) atoms. The lowest BCUT2D eigenvalue weighted by atomic mass is 10.1. The van der Waals surface area contributed by atoms with Crippen LogP contribution >= 0.6 is 11.6 Å². The second-order valence-corrected chi connectivity index (χ2v) is 5.02. The lowest BCUT2D eigenvalue weighted by Crippen LogP contribution is -1.75. The van der Waals surface area contributed by atoms with E-state index in [1.54, 1.807) is 0 Å². The van der Waals surface area contributed by atoms with Gasteiger partial charge in [-0.05, 0) is 23.3 Å². The molecule has 2 rings (SSSR count). The van der Waals surface area contributed by atoms with Crippen LogP contribution in [0.25, 0.3) is 11.1 Å². The van der Waals surface area contributed by atoms with Gasteiger partial charge in [-0.15, -0.1) is 0 Å². The summed E-state index contributed by atoms with van der Waals surface area (Å²) in [5.41, 5.74) is 2.36. The van der Waals surface area contributed by atoms with Crippen molar-refractivity contribution in [1.82, 2.24) is 0 Å². The van der Waals surface area contributed by atoms with Crippen LogP contribution in [0, 0.1) is 0 Å². The Labute approximate surface area is 122 Å². The van der Waals surface area contributed by atoms with Crippen LogP contribution in [0.4, 0.5) is 0 Å². The largest absolute Gasteiger partial charge is 0.0843 e. The molecule has 0 atom stereocenters. The van der Waals surface area contributed by atoms with E-state index in [1.807, 2.05) is 36.4 Å². The van der Waals surface area contributed by atoms with Gasteiger partial charge in [0.25, 0.3) is 0 Å². The van der Waals surface area contributed by atoms with E-state index in [4.69, 9.17) is 11.6 Å². The van der Waals surface area contributed by atoms with Gasteiger partial charge in [-0.25, -0.2) is 0 Å². The number of hydrogen-bond donors (Lipinski definition) is 0. The highest BCUT2D eigenvalue weighted by Gasteiger charge is 1.95. The number of benzene rings is 2. The Morgan fingerprint density at radius 1 is 0.737 bits per heavy atom. The maximum absolute atomic E-state index is 5.89. The molecule has 0 heterocycles. The Bertz CT molecular complexity index is 444. The van der Waals surface area contributed by atoms with E-state index in [9.17, 15) is 0 Å². The molecule has 0 amide bonds. The molecular formula is C18H23Cl. The highest BCUT2D eigenvalue weighted by atomic mass is 35.5. The molecule has 0 N–H and O–H groups in total. The van der Waals surface area contributed by atoms with Crippen LogP contribution in [-0.2, 0) is 0 Å². The zero-order valence-corrected chi connectivity index (χ0v) is 12.7. The summed E-state index contributed by atoms with van der Waals surface area (Å²) in [4.78, 5) is 0. The summed E-state index contributed by atoms with van der Waals surface area (Å²) in [5, 5.41) is 0.779. The first-order valence-corrected chi connectivity index (χ1v) is 7.46. The maximum atomic E-state index is 5.89. The smallest absolute Gasteiger partial charge is 0.0412 e. The minimum Gasteiger partial charge on any atom is -0.0843 e. The van der Waals surface area contributed by atoms with E-state index < -0.39 is 0 Å². The van der Waals surface area contributed by atoms with Crippen LogP contribution in [0.1, 0.15) is 39.5 Å². The molecule has 1 heteroatoms. The van der Waals surface area contributed by atoms with Crippen LogP contribution in [0.3, 0.4) is 0 Å². The highest BCUT2D eigenvalue weighted by Crippen LogP contribution is 2.21. The molecule has 0 aliphatic rings. The predicted molar refractivity (Wildman–Crippen MR) is 86.7 cm³/mol. The van der Waals surface area contributed by atoms with Crippen molar-refractivity contribution < 1.29 is 0 Å². The van der Waals surface area contributed by atoms with E-state index >= 15 is 0 Å². The molecular weight excluding hydrogens is 252 g/mol. The third kappa shape index (κ3) is 6.45. The molecule has 0 bridgehead atoms. The molecule has 0 aliphatic heterocycles. The van der Waals surface area contributed by atoms with Gasteiger partial charge < -0.3 is 0 Å². The monoisotopic (exact) mass is 274 g/mol. The molecule has 0 saturated heterocycles. The topological polar surface area (TPSA) is 0 Å². The Balaban J connectivity index is 0.000000258. The zero-order chi connectivity index (χ0) is 13.9. The minimum atomic E-state index is 0.779. The van der Waals surface area contributed by atoms with Crippen molar-refractivity contribution in [3.63, 3.8) is 0 Å². The highest BCUT2D eigenvalue weighted by molar-refractivity contribution is 6.30. The van der Waals surface area contributed by atoms with Gasteiger partial charge in [0.05, 0.1) is 0 Å². The Morgan fingerprint density at radius 2 is 1.32 bits per heavy atom. The second-order valence-electron chi connectivity index (χ2n) is 4.58. The summed E-state index contributed by atoms with van der Waals surface area (Å²) in [6.45, 7) is 4.46. The Hall–Kier alpha value is -1.27. The molecule has 0 radical (unpaired) electrons. The van der Waals surface area contributed by atoms with Gasteiger partial charge in [-0.3, -0.25) is 0 Å². The van der Waals surface area contributed by atoms with Crippen molar-refractivity contribution in [2.24, 2.45) is 0 Å². The maximum Gasteiger partial charge on any atom is 0.0412 e. The molecule has 0 fully saturated rings. The number of rotatable bonds is 4. The van der Waals surface area contributed by atoms with Gasteiger partial charge in [0.1, 0.15) is 0 Å². The summed E-state index contributed by atoms with van der Waals surface area (Å²) >= 11 is 5.89. The fourth-order valence-electron chi connectivity index (χ4n) is 1.80. The van der Waals surface area contributed by atoms with Crippen LogP contribution in [0.2, 0.25) is 5.02 Å². The first kappa shape index (κ1) is 15.8. The van der Waals surface area contributed by atoms with E-state index in [0.29, 0.717) is 0 Å². The van der Waals surface area contributed by atoms with Crippen LogP contribution < -0.4 is 0 Å². The van der Waals surface area contributed by atoms with Gasteiger partial charge in [0.15, 0.2) is 0 Å². The summed E-state index contributed by atoms with van der Waals surface area (Å²) in [6, 6.07) is 18.1. The third-order valence-corrected chi connectivity index (χ3v) is 3.12. The summed E-state index contributed by atoms with van der Waals surface area (Å²) in [6.07, 6.45) is 5.54. The third-order valence-electron chi connectivity index (χ3n) is 2.89. The van der Waals surface area contributed by atoms with Crippen molar-refractivity contribution in [3.8, 4) is 11.1 Å². The molecule has 102 valence electrons. The molecule has 0 aromatic heterocycles. The predicted octanol–water partition coefficient (Wildman–Crippen LogP) is 6.59. The lowest BCUT2D eigenvalue weighted by molar-refractivity contribution is 0.702. The van der Waals surface area contributed by atoms with Crippen LogP contribution in [0.5, 0.6) is 0 Å². The van der Waals surface area contributed by atoms with Gasteiger partial charge in [0.2, 0.25) is 0 Å². The molecule has 0 spiro atoms. The minimum absolute atomic E-state index is 0.779. The van der Waals surface area contributed by atoms with Crippen LogP contribution in [0.15, 0.2) is 54.6 Å². The summed E-state index contributed by atoms with van der Waals surface area (Å²) < 4.78 is 0. The molecule has 0 nitrogen and oxygen atoms in total. The van der Waals surface area contributed by atoms with Crippen molar-refractivity contribution in [1.29, 1.82) is 0 Å². The second kappa shape index (κ2) is 9.63. The van der Waals surface area contributed by atoms with Crippen molar-refractivity contribution in [2.45, 2.75) is 39.5 Å². The van der Waals surface area contributed by atoms with Crippen molar-refractivity contribution >= 4 is 11.6 Å². The standard InChI is InChI=1S/C12H9Cl.C6H14/c13-12-8-4-7-11(9-12)10-5-2-1-3-6-10;1-3-5-6-4-2/h1-9H;3-6H2,1-2H3. The SMILES string of the molecule is CCCCCC.Clc1cccc(-c2ccccc2)c1. The Morgan fingerprint density at radius 3 is 1.84 bits per heavy atom. The van der Waals surface area contributed by atoms with Crippen molar-refractivity contribution in [2.75, 3.05) is 0 Å². The average molecular weight is 275 g/mol. The summed E-state index contributed by atoms with van der Waals surface area (Å²) in [5.74, 6) is 0. The number of halogens is 1. The van der Waals surface area contributed by atoms with Crippen LogP contribution in [-0.4, -0.2) is 0 Å². The average Bonchev–Trinajstić information content (AvgIpc) is 2.47. The van der Waals surface area contributed by atoms with Gasteiger partial charge >= 0.3 is 0 Å².